The van der Waals surface area contributed by atoms with E-state index in [0.717, 1.165) is 12.8 Å². The maximum absolute atomic E-state index is 10.4. The summed E-state index contributed by atoms with van der Waals surface area (Å²) in [5.74, 6) is -0.127. The van der Waals surface area contributed by atoms with Gasteiger partial charge < -0.3 is 9.52 Å². The van der Waals surface area contributed by atoms with E-state index >= 15 is 0 Å². The van der Waals surface area contributed by atoms with Gasteiger partial charge in [0.05, 0.1) is 17.6 Å². The summed E-state index contributed by atoms with van der Waals surface area (Å²) in [6, 6.07) is 9.53. The minimum atomic E-state index is -0.127. The van der Waals surface area contributed by atoms with E-state index in [-0.39, 0.29) is 11.9 Å². The first kappa shape index (κ1) is 15.0. The summed E-state index contributed by atoms with van der Waals surface area (Å²) in [6.07, 6.45) is 5.57. The third kappa shape index (κ3) is 3.28. The molecular weight excluding hydrogens is 294 g/mol. The van der Waals surface area contributed by atoms with E-state index in [1.165, 1.54) is 17.1 Å². The minimum absolute atomic E-state index is 0.127. The van der Waals surface area contributed by atoms with Gasteiger partial charge in [0.15, 0.2) is 5.69 Å². The number of benzene rings is 1. The van der Waals surface area contributed by atoms with Gasteiger partial charge in [-0.2, -0.15) is 10.2 Å². The summed E-state index contributed by atoms with van der Waals surface area (Å²) in [6.45, 7) is 2.09. The van der Waals surface area contributed by atoms with Gasteiger partial charge in [-0.05, 0) is 25.0 Å². The molecule has 7 heteroatoms. The normalized spacial score (nSPS) is 11.3. The number of aryl methyl sites for hydroxylation is 1. The van der Waals surface area contributed by atoms with Crippen LogP contribution in [0, 0.1) is 0 Å². The van der Waals surface area contributed by atoms with E-state index in [9.17, 15) is 5.11 Å². The van der Waals surface area contributed by atoms with Crippen LogP contribution in [-0.2, 0) is 6.42 Å². The molecule has 0 amide bonds. The number of aromatic nitrogens is 3. The fraction of sp³-hybridized carbons (Fsp3) is 0.250. The van der Waals surface area contributed by atoms with Crippen molar-refractivity contribution in [3.8, 4) is 11.9 Å². The van der Waals surface area contributed by atoms with E-state index in [1.807, 2.05) is 30.3 Å². The second kappa shape index (κ2) is 6.87. The zero-order valence-electron chi connectivity index (χ0n) is 12.8. The number of nitrogens with zero attached hydrogens (tertiary/aromatic N) is 5. The van der Waals surface area contributed by atoms with E-state index in [2.05, 4.69) is 27.2 Å². The fourth-order valence-electron chi connectivity index (χ4n) is 2.12. The Bertz CT molecular complexity index is 778. The number of rotatable bonds is 6. The second-order valence-electron chi connectivity index (χ2n) is 4.98. The van der Waals surface area contributed by atoms with E-state index in [4.69, 9.17) is 4.42 Å². The van der Waals surface area contributed by atoms with Gasteiger partial charge >= 0.3 is 6.01 Å². The van der Waals surface area contributed by atoms with Gasteiger partial charge in [-0.3, -0.25) is 0 Å². The molecule has 23 heavy (non-hydrogen) atoms. The van der Waals surface area contributed by atoms with Crippen molar-refractivity contribution in [3.05, 3.63) is 48.5 Å². The molecule has 0 saturated carbocycles. The van der Waals surface area contributed by atoms with Gasteiger partial charge in [0.2, 0.25) is 5.88 Å². The average Bonchev–Trinajstić information content (AvgIpc) is 3.20. The van der Waals surface area contributed by atoms with Crippen LogP contribution >= 0.6 is 0 Å². The molecule has 1 N–H and O–H groups in total. The fourth-order valence-corrected chi connectivity index (χ4v) is 2.12. The summed E-state index contributed by atoms with van der Waals surface area (Å²) in [5.41, 5.74) is 1.72. The van der Waals surface area contributed by atoms with Gasteiger partial charge in [-0.15, -0.1) is 9.80 Å². The zero-order chi connectivity index (χ0) is 16.1. The molecule has 2 heterocycles. The Morgan fingerprint density at radius 3 is 2.74 bits per heavy atom. The molecule has 0 bridgehead atoms. The first-order valence-corrected chi connectivity index (χ1v) is 7.47. The monoisotopic (exact) mass is 311 g/mol. The van der Waals surface area contributed by atoms with Crippen LogP contribution in [0.2, 0.25) is 0 Å². The molecule has 1 aromatic carbocycles. The highest BCUT2D eigenvalue weighted by Crippen LogP contribution is 2.34. The largest absolute Gasteiger partial charge is 0.491 e. The smallest absolute Gasteiger partial charge is 0.325 e. The molecule has 7 nitrogen and oxygen atoms in total. The standard InChI is InChI=1S/C16H17N5O2/c1-2-3-9-13-14(19-18-12-7-5-4-6-8-12)15(22)21(20-13)16-17-10-11-23-16/h4-8,10-11,22H,2-3,9H2,1H3/b19-18-. The molecule has 0 aliphatic rings. The van der Waals surface area contributed by atoms with E-state index in [0.29, 0.717) is 23.5 Å². The van der Waals surface area contributed by atoms with Gasteiger partial charge in [-0.25, -0.2) is 4.98 Å². The number of azo groups is 1. The van der Waals surface area contributed by atoms with E-state index < -0.39 is 0 Å². The summed E-state index contributed by atoms with van der Waals surface area (Å²) in [7, 11) is 0. The van der Waals surface area contributed by atoms with Gasteiger partial charge in [-0.1, -0.05) is 31.5 Å². The SMILES string of the molecule is CCCCc1nn(-c2ncco2)c(O)c1/N=N\c1ccccc1. The summed E-state index contributed by atoms with van der Waals surface area (Å²) >= 11 is 0. The van der Waals surface area contributed by atoms with Crippen molar-refractivity contribution in [2.45, 2.75) is 26.2 Å². The lowest BCUT2D eigenvalue weighted by atomic mass is 10.2. The minimum Gasteiger partial charge on any atom is -0.491 e. The molecule has 3 aromatic rings. The molecule has 0 aliphatic heterocycles. The van der Waals surface area contributed by atoms with Crippen LogP contribution in [0.4, 0.5) is 11.4 Å². The lowest BCUT2D eigenvalue weighted by molar-refractivity contribution is 0.407. The Labute approximate surface area is 133 Å². The maximum atomic E-state index is 10.4. The summed E-state index contributed by atoms with van der Waals surface area (Å²) < 4.78 is 6.43. The predicted octanol–water partition coefficient (Wildman–Crippen LogP) is 4.32. The Morgan fingerprint density at radius 2 is 2.04 bits per heavy atom. The number of hydrogen-bond donors (Lipinski definition) is 1. The Kier molecular flexibility index (Phi) is 4.46. The zero-order valence-corrected chi connectivity index (χ0v) is 12.8. The van der Waals surface area contributed by atoms with Crippen molar-refractivity contribution in [2.24, 2.45) is 10.2 Å². The van der Waals surface area contributed by atoms with Crippen molar-refractivity contribution in [1.82, 2.24) is 14.8 Å². The van der Waals surface area contributed by atoms with Crippen molar-refractivity contribution in [3.63, 3.8) is 0 Å². The molecule has 0 unspecified atom stereocenters. The number of aromatic hydroxyl groups is 1. The highest BCUT2D eigenvalue weighted by Gasteiger charge is 2.20. The average molecular weight is 311 g/mol. The molecule has 0 spiro atoms. The van der Waals surface area contributed by atoms with Crippen LogP contribution in [0.1, 0.15) is 25.5 Å². The van der Waals surface area contributed by atoms with Crippen molar-refractivity contribution in [2.75, 3.05) is 0 Å². The van der Waals surface area contributed by atoms with Gasteiger partial charge in [0.1, 0.15) is 6.26 Å². The van der Waals surface area contributed by atoms with Crippen LogP contribution in [-0.4, -0.2) is 19.9 Å². The van der Waals surface area contributed by atoms with Gasteiger partial charge in [0, 0.05) is 0 Å². The quantitative estimate of drug-likeness (QED) is 0.686. The second-order valence-corrected chi connectivity index (χ2v) is 4.98. The van der Waals surface area contributed by atoms with E-state index in [1.54, 1.807) is 0 Å². The van der Waals surface area contributed by atoms with Crippen LogP contribution in [0.3, 0.4) is 0 Å². The molecule has 3 rings (SSSR count). The molecular formula is C16H17N5O2. The number of hydrogen-bond acceptors (Lipinski definition) is 6. The van der Waals surface area contributed by atoms with Crippen molar-refractivity contribution >= 4 is 11.4 Å². The topological polar surface area (TPSA) is 88.8 Å². The first-order chi connectivity index (χ1) is 11.3. The summed E-state index contributed by atoms with van der Waals surface area (Å²) in [4.78, 5) is 4.00. The molecule has 0 saturated heterocycles. The third-order valence-corrected chi connectivity index (χ3v) is 3.30. The maximum Gasteiger partial charge on any atom is 0.325 e. The van der Waals surface area contributed by atoms with Crippen molar-refractivity contribution in [1.29, 1.82) is 0 Å². The molecule has 0 radical (unpaired) electrons. The first-order valence-electron chi connectivity index (χ1n) is 7.47. The molecule has 0 atom stereocenters. The van der Waals surface area contributed by atoms with Crippen LogP contribution in [0.15, 0.2) is 57.4 Å². The Balaban J connectivity index is 1.98. The van der Waals surface area contributed by atoms with Crippen LogP contribution in [0.5, 0.6) is 5.88 Å². The molecule has 118 valence electrons. The summed E-state index contributed by atoms with van der Waals surface area (Å²) in [5, 5.41) is 23.1. The molecule has 2 aromatic heterocycles. The van der Waals surface area contributed by atoms with Crippen LogP contribution in [0.25, 0.3) is 6.01 Å². The highest BCUT2D eigenvalue weighted by atomic mass is 16.4. The highest BCUT2D eigenvalue weighted by molar-refractivity contribution is 5.53. The number of unbranched alkanes of at least 4 members (excludes halogenated alkanes) is 1. The Hall–Kier alpha value is -2.96. The molecule has 0 fully saturated rings. The predicted molar refractivity (Wildman–Crippen MR) is 84.5 cm³/mol. The van der Waals surface area contributed by atoms with Crippen molar-refractivity contribution < 1.29 is 9.52 Å². The lowest BCUT2D eigenvalue weighted by Gasteiger charge is -1.96. The Morgan fingerprint density at radius 1 is 1.22 bits per heavy atom. The lowest BCUT2D eigenvalue weighted by Crippen LogP contribution is -1.97. The number of oxazole rings is 1. The molecule has 0 aliphatic carbocycles. The third-order valence-electron chi connectivity index (χ3n) is 3.30. The van der Waals surface area contributed by atoms with Gasteiger partial charge in [0.25, 0.3) is 0 Å². The van der Waals surface area contributed by atoms with Crippen LogP contribution < -0.4 is 0 Å².